The molecule has 1 saturated carbocycles. The molecule has 0 unspecified atom stereocenters. The van der Waals surface area contributed by atoms with Gasteiger partial charge in [0.2, 0.25) is 5.91 Å². The van der Waals surface area contributed by atoms with E-state index in [9.17, 15) is 4.79 Å². The molecule has 3 rings (SSSR count). The van der Waals surface area contributed by atoms with Crippen molar-refractivity contribution in [2.24, 2.45) is 0 Å². The number of para-hydroxylation sites is 1. The highest BCUT2D eigenvalue weighted by Gasteiger charge is 2.33. The first kappa shape index (κ1) is 15.3. The van der Waals surface area contributed by atoms with Crippen LogP contribution in [0, 0.1) is 0 Å². The van der Waals surface area contributed by atoms with E-state index in [4.69, 9.17) is 10.5 Å². The molecule has 2 aromatic rings. The number of pyridine rings is 1. The summed E-state index contributed by atoms with van der Waals surface area (Å²) >= 11 is 0. The van der Waals surface area contributed by atoms with E-state index < -0.39 is 0 Å². The van der Waals surface area contributed by atoms with Gasteiger partial charge >= 0.3 is 0 Å². The topological polar surface area (TPSA) is 68.5 Å². The van der Waals surface area contributed by atoms with Crippen LogP contribution in [0.1, 0.15) is 24.1 Å². The second-order valence-electron chi connectivity index (χ2n) is 5.82. The van der Waals surface area contributed by atoms with E-state index in [2.05, 4.69) is 4.98 Å². The molecule has 1 aliphatic carbocycles. The summed E-state index contributed by atoms with van der Waals surface area (Å²) in [6.07, 6.45) is 4.02. The van der Waals surface area contributed by atoms with Crippen molar-refractivity contribution < 1.29 is 9.53 Å². The van der Waals surface area contributed by atoms with Crippen LogP contribution in [0.5, 0.6) is 5.75 Å². The number of hydrogen-bond acceptors (Lipinski definition) is 4. The first-order chi connectivity index (χ1) is 11.2. The van der Waals surface area contributed by atoms with Crippen LogP contribution in [-0.2, 0) is 17.8 Å². The fourth-order valence-corrected chi connectivity index (χ4v) is 2.62. The molecular formula is C18H21N3O2. The Kier molecular flexibility index (Phi) is 4.46. The predicted molar refractivity (Wildman–Crippen MR) is 88.9 cm³/mol. The zero-order valence-corrected chi connectivity index (χ0v) is 13.2. The van der Waals surface area contributed by atoms with Crippen molar-refractivity contribution >= 4 is 11.6 Å². The van der Waals surface area contributed by atoms with Gasteiger partial charge in [-0.1, -0.05) is 18.2 Å². The van der Waals surface area contributed by atoms with Crippen LogP contribution in [0.2, 0.25) is 0 Å². The summed E-state index contributed by atoms with van der Waals surface area (Å²) in [7, 11) is 1.65. The first-order valence-electron chi connectivity index (χ1n) is 7.79. The quantitative estimate of drug-likeness (QED) is 0.889. The number of amides is 1. The van der Waals surface area contributed by atoms with Gasteiger partial charge in [-0.15, -0.1) is 0 Å². The lowest BCUT2D eigenvalue weighted by Gasteiger charge is -2.23. The number of methoxy groups -OCH3 is 1. The lowest BCUT2D eigenvalue weighted by Crippen LogP contribution is -2.34. The molecule has 1 fully saturated rings. The van der Waals surface area contributed by atoms with Gasteiger partial charge in [-0.2, -0.15) is 0 Å². The van der Waals surface area contributed by atoms with Gasteiger partial charge in [-0.25, -0.2) is 0 Å². The minimum atomic E-state index is 0.0932. The summed E-state index contributed by atoms with van der Waals surface area (Å²) in [5.41, 5.74) is 8.02. The predicted octanol–water partition coefficient (Wildman–Crippen LogP) is 2.41. The summed E-state index contributed by atoms with van der Waals surface area (Å²) < 4.78 is 5.39. The number of carbonyl (C=O) groups excluding carboxylic acids is 1. The zero-order valence-electron chi connectivity index (χ0n) is 13.2. The monoisotopic (exact) mass is 311 g/mol. The second-order valence-corrected chi connectivity index (χ2v) is 5.82. The van der Waals surface area contributed by atoms with Crippen molar-refractivity contribution in [1.29, 1.82) is 0 Å². The Morgan fingerprint density at radius 1 is 1.30 bits per heavy atom. The number of hydrogen-bond donors (Lipinski definition) is 1. The van der Waals surface area contributed by atoms with Gasteiger partial charge in [0.25, 0.3) is 0 Å². The minimum Gasteiger partial charge on any atom is -0.496 e. The van der Waals surface area contributed by atoms with Crippen molar-refractivity contribution in [3.63, 3.8) is 0 Å². The Morgan fingerprint density at radius 2 is 2.09 bits per heavy atom. The lowest BCUT2D eigenvalue weighted by atomic mass is 10.1. The first-order valence-corrected chi connectivity index (χ1v) is 7.79. The summed E-state index contributed by atoms with van der Waals surface area (Å²) in [5.74, 6) is 0.909. The standard InChI is InChI=1S/C18H21N3O2/c1-23-17-5-3-2-4-13(17)12-21(16-8-9-16)18(22)10-15-7-6-14(19)11-20-15/h2-7,11,16H,8-10,12,19H2,1H3. The minimum absolute atomic E-state index is 0.0932. The van der Waals surface area contributed by atoms with Crippen LogP contribution in [0.4, 0.5) is 5.69 Å². The van der Waals surface area contributed by atoms with E-state index in [0.29, 0.717) is 24.7 Å². The average Bonchev–Trinajstić information content (AvgIpc) is 3.39. The maximum atomic E-state index is 12.7. The number of anilines is 1. The number of nitrogen functional groups attached to an aromatic ring is 1. The number of benzene rings is 1. The van der Waals surface area contributed by atoms with E-state index in [1.807, 2.05) is 29.2 Å². The van der Waals surface area contributed by atoms with E-state index in [-0.39, 0.29) is 5.91 Å². The zero-order chi connectivity index (χ0) is 16.2. The molecule has 0 atom stereocenters. The third-order valence-corrected chi connectivity index (χ3v) is 4.02. The number of rotatable bonds is 6. The highest BCUT2D eigenvalue weighted by Crippen LogP contribution is 2.30. The van der Waals surface area contributed by atoms with E-state index in [1.54, 1.807) is 25.4 Å². The summed E-state index contributed by atoms with van der Waals surface area (Å²) in [6, 6.07) is 11.7. The van der Waals surface area contributed by atoms with Crippen LogP contribution in [-0.4, -0.2) is 28.9 Å². The van der Waals surface area contributed by atoms with Crippen LogP contribution >= 0.6 is 0 Å². The van der Waals surface area contributed by atoms with Gasteiger partial charge in [0, 0.05) is 23.8 Å². The Morgan fingerprint density at radius 3 is 2.74 bits per heavy atom. The molecule has 1 aliphatic rings. The van der Waals surface area contributed by atoms with Gasteiger partial charge < -0.3 is 15.4 Å². The van der Waals surface area contributed by atoms with Crippen molar-refractivity contribution in [3.8, 4) is 5.75 Å². The molecule has 0 bridgehead atoms. The summed E-state index contributed by atoms with van der Waals surface area (Å²) in [6.45, 7) is 0.572. The van der Waals surface area contributed by atoms with Crippen molar-refractivity contribution in [3.05, 3.63) is 53.9 Å². The largest absolute Gasteiger partial charge is 0.496 e. The SMILES string of the molecule is COc1ccccc1CN(C(=O)Cc1ccc(N)cn1)C1CC1. The van der Waals surface area contributed by atoms with Crippen LogP contribution in [0.25, 0.3) is 0 Å². The van der Waals surface area contributed by atoms with Crippen LogP contribution in [0.3, 0.4) is 0 Å². The molecule has 0 aliphatic heterocycles. The Hall–Kier alpha value is -2.56. The van der Waals surface area contributed by atoms with Crippen molar-refractivity contribution in [2.75, 3.05) is 12.8 Å². The number of nitrogens with two attached hydrogens (primary N) is 1. The van der Waals surface area contributed by atoms with Crippen LogP contribution < -0.4 is 10.5 Å². The molecule has 1 heterocycles. The van der Waals surface area contributed by atoms with Gasteiger partial charge in [0.05, 0.1) is 25.4 Å². The number of carbonyl (C=O) groups is 1. The van der Waals surface area contributed by atoms with E-state index in [1.165, 1.54) is 0 Å². The van der Waals surface area contributed by atoms with Crippen LogP contribution in [0.15, 0.2) is 42.6 Å². The molecular weight excluding hydrogens is 290 g/mol. The molecule has 5 heteroatoms. The van der Waals surface area contributed by atoms with Gasteiger partial charge in [-0.05, 0) is 31.0 Å². The molecule has 1 aromatic heterocycles. The fraction of sp³-hybridized carbons (Fsp3) is 0.333. The molecule has 23 heavy (non-hydrogen) atoms. The van der Waals surface area contributed by atoms with Crippen molar-refractivity contribution in [1.82, 2.24) is 9.88 Å². The van der Waals surface area contributed by atoms with Crippen molar-refractivity contribution in [2.45, 2.75) is 31.8 Å². The average molecular weight is 311 g/mol. The van der Waals surface area contributed by atoms with E-state index >= 15 is 0 Å². The molecule has 0 spiro atoms. The molecule has 120 valence electrons. The molecule has 1 amide bonds. The molecule has 5 nitrogen and oxygen atoms in total. The third-order valence-electron chi connectivity index (χ3n) is 4.02. The molecule has 1 aromatic carbocycles. The Labute approximate surface area is 136 Å². The molecule has 2 N–H and O–H groups in total. The number of nitrogens with zero attached hydrogens (tertiary/aromatic N) is 2. The second kappa shape index (κ2) is 6.69. The molecule has 0 saturated heterocycles. The van der Waals surface area contributed by atoms with Gasteiger partial charge in [-0.3, -0.25) is 9.78 Å². The smallest absolute Gasteiger partial charge is 0.229 e. The highest BCUT2D eigenvalue weighted by molar-refractivity contribution is 5.79. The lowest BCUT2D eigenvalue weighted by molar-refractivity contribution is -0.131. The number of ether oxygens (including phenoxy) is 1. The normalized spacial score (nSPS) is 13.6. The Balaban J connectivity index is 1.73. The van der Waals surface area contributed by atoms with Gasteiger partial charge in [0.15, 0.2) is 0 Å². The maximum Gasteiger partial charge on any atom is 0.229 e. The number of aromatic nitrogens is 1. The fourth-order valence-electron chi connectivity index (χ4n) is 2.62. The molecule has 0 radical (unpaired) electrons. The highest BCUT2D eigenvalue weighted by atomic mass is 16.5. The maximum absolute atomic E-state index is 12.7. The third kappa shape index (κ3) is 3.80. The summed E-state index contributed by atoms with van der Waals surface area (Å²) in [5, 5.41) is 0. The Bertz CT molecular complexity index is 681. The summed E-state index contributed by atoms with van der Waals surface area (Å²) in [4.78, 5) is 18.9. The van der Waals surface area contributed by atoms with E-state index in [0.717, 1.165) is 29.8 Å². The van der Waals surface area contributed by atoms with Gasteiger partial charge in [0.1, 0.15) is 5.75 Å².